The van der Waals surface area contributed by atoms with Crippen LogP contribution in [0.4, 0.5) is 0 Å². The Kier molecular flexibility index (Phi) is 8.75. The second kappa shape index (κ2) is 11.7. The molecule has 1 saturated carbocycles. The topological polar surface area (TPSA) is 35.5 Å². The van der Waals surface area contributed by atoms with Crippen molar-refractivity contribution in [3.8, 4) is 11.5 Å². The molecule has 0 radical (unpaired) electrons. The Morgan fingerprint density at radius 3 is 2.23 bits per heavy atom. The molecule has 0 saturated heterocycles. The first-order valence-electron chi connectivity index (χ1n) is 11.7. The van der Waals surface area contributed by atoms with Crippen molar-refractivity contribution < 1.29 is 14.3 Å². The summed E-state index contributed by atoms with van der Waals surface area (Å²) >= 11 is 0. The molecule has 0 aromatic heterocycles. The molecule has 2 aromatic rings. The van der Waals surface area contributed by atoms with Crippen LogP contribution in [0.5, 0.6) is 11.5 Å². The highest BCUT2D eigenvalue weighted by atomic mass is 16.5. The monoisotopic (exact) mass is 420 g/mol. The normalized spacial score (nSPS) is 19.4. The Morgan fingerprint density at radius 1 is 1.00 bits per heavy atom. The molecule has 166 valence electrons. The molecule has 3 rings (SSSR count). The molecule has 0 spiro atoms. The van der Waals surface area contributed by atoms with Crippen molar-refractivity contribution in [1.82, 2.24) is 0 Å². The fraction of sp³-hybridized carbons (Fsp3) is 0.464. The Labute approximate surface area is 187 Å². The molecule has 0 aliphatic heterocycles. The maximum absolute atomic E-state index is 12.5. The van der Waals surface area contributed by atoms with Crippen LogP contribution in [0.25, 0.3) is 0 Å². The number of ether oxygens (including phenoxy) is 2. The van der Waals surface area contributed by atoms with Crippen LogP contribution in [0.15, 0.2) is 61.2 Å². The standard InChI is InChI=1S/C28H36O3/c1-4-6-22-7-9-24(10-8-22)20-30-26-17-13-25(14-18-26)28(29)31-27-15-11-23(12-16-27)19-21(3)5-2/h4,11-18,21-22,24H,1,5-10,19-20H2,2-3H3. The largest absolute Gasteiger partial charge is 0.493 e. The number of carbonyl (C=O) groups is 1. The zero-order valence-corrected chi connectivity index (χ0v) is 19.0. The molecule has 1 aliphatic rings. The van der Waals surface area contributed by atoms with Gasteiger partial charge in [-0.15, -0.1) is 6.58 Å². The molecule has 1 atom stereocenters. The van der Waals surface area contributed by atoms with E-state index in [-0.39, 0.29) is 5.97 Å². The summed E-state index contributed by atoms with van der Waals surface area (Å²) in [5.74, 6) is 3.11. The van der Waals surface area contributed by atoms with E-state index in [4.69, 9.17) is 9.47 Å². The van der Waals surface area contributed by atoms with Gasteiger partial charge in [0, 0.05) is 0 Å². The molecule has 1 unspecified atom stereocenters. The molecular formula is C28H36O3. The van der Waals surface area contributed by atoms with Gasteiger partial charge in [0.15, 0.2) is 0 Å². The highest BCUT2D eigenvalue weighted by Crippen LogP contribution is 2.31. The van der Waals surface area contributed by atoms with Gasteiger partial charge in [0.1, 0.15) is 11.5 Å². The van der Waals surface area contributed by atoms with Crippen LogP contribution in [0, 0.1) is 17.8 Å². The van der Waals surface area contributed by atoms with E-state index < -0.39 is 0 Å². The molecule has 0 bridgehead atoms. The number of esters is 1. The lowest BCUT2D eigenvalue weighted by Crippen LogP contribution is -2.19. The highest BCUT2D eigenvalue weighted by molar-refractivity contribution is 5.91. The number of hydrogen-bond acceptors (Lipinski definition) is 3. The zero-order valence-electron chi connectivity index (χ0n) is 19.0. The molecule has 31 heavy (non-hydrogen) atoms. The molecule has 0 heterocycles. The number of allylic oxidation sites excluding steroid dienone is 1. The predicted molar refractivity (Wildman–Crippen MR) is 127 cm³/mol. The lowest BCUT2D eigenvalue weighted by molar-refractivity contribution is 0.0734. The zero-order chi connectivity index (χ0) is 22.1. The van der Waals surface area contributed by atoms with Gasteiger partial charge in [-0.3, -0.25) is 0 Å². The van der Waals surface area contributed by atoms with Gasteiger partial charge in [-0.2, -0.15) is 0 Å². The lowest BCUT2D eigenvalue weighted by Gasteiger charge is -2.27. The van der Waals surface area contributed by atoms with Crippen molar-refractivity contribution >= 4 is 5.97 Å². The number of benzene rings is 2. The van der Waals surface area contributed by atoms with Crippen molar-refractivity contribution in [1.29, 1.82) is 0 Å². The summed E-state index contributed by atoms with van der Waals surface area (Å²) in [7, 11) is 0. The summed E-state index contributed by atoms with van der Waals surface area (Å²) in [5.41, 5.74) is 1.80. The Bertz CT molecular complexity index is 814. The first kappa shape index (κ1) is 23.1. The summed E-state index contributed by atoms with van der Waals surface area (Å²) in [6.07, 6.45) is 10.4. The van der Waals surface area contributed by atoms with Gasteiger partial charge in [0.25, 0.3) is 0 Å². The third-order valence-electron chi connectivity index (χ3n) is 6.46. The van der Waals surface area contributed by atoms with Crippen LogP contribution >= 0.6 is 0 Å². The average Bonchev–Trinajstić information content (AvgIpc) is 2.80. The SMILES string of the molecule is C=CCC1CCC(COc2ccc(C(=O)Oc3ccc(CC(C)CC)cc3)cc2)CC1. The first-order chi connectivity index (χ1) is 15.1. The number of rotatable bonds is 10. The molecular weight excluding hydrogens is 384 g/mol. The third kappa shape index (κ3) is 7.27. The fourth-order valence-electron chi connectivity index (χ4n) is 4.18. The second-order valence-electron chi connectivity index (χ2n) is 9.00. The van der Waals surface area contributed by atoms with Gasteiger partial charge in [-0.1, -0.05) is 38.5 Å². The van der Waals surface area contributed by atoms with E-state index in [9.17, 15) is 4.79 Å². The average molecular weight is 421 g/mol. The van der Waals surface area contributed by atoms with Crippen LogP contribution in [0.3, 0.4) is 0 Å². The minimum absolute atomic E-state index is 0.346. The van der Waals surface area contributed by atoms with E-state index in [0.29, 0.717) is 23.1 Å². The van der Waals surface area contributed by atoms with Crippen LogP contribution in [0.1, 0.15) is 68.3 Å². The summed E-state index contributed by atoms with van der Waals surface area (Å²) in [6, 6.07) is 15.1. The van der Waals surface area contributed by atoms with Crippen molar-refractivity contribution in [3.63, 3.8) is 0 Å². The predicted octanol–water partition coefficient (Wildman–Crippen LogP) is 7.26. The van der Waals surface area contributed by atoms with Crippen LogP contribution in [-0.4, -0.2) is 12.6 Å². The molecule has 3 heteroatoms. The maximum atomic E-state index is 12.5. The van der Waals surface area contributed by atoms with Crippen LogP contribution in [-0.2, 0) is 6.42 Å². The summed E-state index contributed by atoms with van der Waals surface area (Å²) in [5, 5.41) is 0. The Hall–Kier alpha value is -2.55. The molecule has 3 nitrogen and oxygen atoms in total. The maximum Gasteiger partial charge on any atom is 0.343 e. The summed E-state index contributed by atoms with van der Waals surface area (Å²) in [4.78, 5) is 12.5. The smallest absolute Gasteiger partial charge is 0.343 e. The van der Waals surface area contributed by atoms with E-state index in [1.54, 1.807) is 12.1 Å². The van der Waals surface area contributed by atoms with Gasteiger partial charge < -0.3 is 9.47 Å². The second-order valence-corrected chi connectivity index (χ2v) is 9.00. The van der Waals surface area contributed by atoms with Crippen molar-refractivity contribution in [2.45, 2.75) is 58.8 Å². The van der Waals surface area contributed by atoms with E-state index in [1.807, 2.05) is 42.5 Å². The van der Waals surface area contributed by atoms with Gasteiger partial charge in [-0.25, -0.2) is 4.79 Å². The van der Waals surface area contributed by atoms with E-state index in [2.05, 4.69) is 20.4 Å². The quantitative estimate of drug-likeness (QED) is 0.231. The van der Waals surface area contributed by atoms with E-state index >= 15 is 0 Å². The minimum Gasteiger partial charge on any atom is -0.493 e. The van der Waals surface area contributed by atoms with Crippen molar-refractivity contribution in [2.75, 3.05) is 6.61 Å². The van der Waals surface area contributed by atoms with Crippen LogP contribution < -0.4 is 9.47 Å². The first-order valence-corrected chi connectivity index (χ1v) is 11.7. The van der Waals surface area contributed by atoms with Gasteiger partial charge in [0.05, 0.1) is 12.2 Å². The Balaban J connectivity index is 1.45. The van der Waals surface area contributed by atoms with Gasteiger partial charge in [0.2, 0.25) is 0 Å². The van der Waals surface area contributed by atoms with Crippen molar-refractivity contribution in [2.24, 2.45) is 17.8 Å². The van der Waals surface area contributed by atoms with Gasteiger partial charge in [-0.05, 0) is 98.2 Å². The third-order valence-corrected chi connectivity index (χ3v) is 6.46. The number of hydrogen-bond donors (Lipinski definition) is 0. The molecule has 0 amide bonds. The van der Waals surface area contributed by atoms with Crippen LogP contribution in [0.2, 0.25) is 0 Å². The highest BCUT2D eigenvalue weighted by Gasteiger charge is 2.20. The van der Waals surface area contributed by atoms with Gasteiger partial charge >= 0.3 is 5.97 Å². The molecule has 0 N–H and O–H groups in total. The molecule has 1 fully saturated rings. The lowest BCUT2D eigenvalue weighted by atomic mass is 9.81. The number of carbonyl (C=O) groups excluding carboxylic acids is 1. The molecule has 1 aliphatic carbocycles. The Morgan fingerprint density at radius 2 is 1.61 bits per heavy atom. The molecule has 2 aromatic carbocycles. The summed E-state index contributed by atoms with van der Waals surface area (Å²) in [6.45, 7) is 9.04. The minimum atomic E-state index is -0.346. The van der Waals surface area contributed by atoms with Crippen molar-refractivity contribution in [3.05, 3.63) is 72.3 Å². The van der Waals surface area contributed by atoms with E-state index in [0.717, 1.165) is 37.5 Å². The fourth-order valence-corrected chi connectivity index (χ4v) is 4.18. The van der Waals surface area contributed by atoms with E-state index in [1.165, 1.54) is 31.2 Å². The summed E-state index contributed by atoms with van der Waals surface area (Å²) < 4.78 is 11.5.